The first-order chi connectivity index (χ1) is 11.5. The highest BCUT2D eigenvalue weighted by molar-refractivity contribution is 7.99. The Morgan fingerprint density at radius 3 is 2.54 bits per heavy atom. The number of benzene rings is 2. The van der Waals surface area contributed by atoms with E-state index in [-0.39, 0.29) is 11.6 Å². The average molecular weight is 350 g/mol. The largest absolute Gasteiger partial charge is 0.326 e. The van der Waals surface area contributed by atoms with Crippen LogP contribution in [0.5, 0.6) is 0 Å². The van der Waals surface area contributed by atoms with Crippen molar-refractivity contribution in [2.45, 2.75) is 11.3 Å². The fourth-order valence-corrected chi connectivity index (χ4v) is 3.03. The zero-order valence-corrected chi connectivity index (χ0v) is 14.3. The van der Waals surface area contributed by atoms with Crippen LogP contribution in [-0.4, -0.2) is 36.7 Å². The van der Waals surface area contributed by atoms with E-state index in [1.807, 2.05) is 25.2 Å². The summed E-state index contributed by atoms with van der Waals surface area (Å²) in [5.41, 5.74) is 0.265. The van der Waals surface area contributed by atoms with Crippen molar-refractivity contribution < 1.29 is 13.6 Å². The van der Waals surface area contributed by atoms with Gasteiger partial charge in [0.05, 0.1) is 0 Å². The molecule has 2 aromatic carbocycles. The third-order valence-corrected chi connectivity index (χ3v) is 4.40. The van der Waals surface area contributed by atoms with Crippen molar-refractivity contribution in [3.05, 3.63) is 60.2 Å². The molecule has 0 bridgehead atoms. The number of amides is 1. The molecule has 0 heterocycles. The lowest BCUT2D eigenvalue weighted by molar-refractivity contribution is -0.116. The van der Waals surface area contributed by atoms with Crippen LogP contribution in [0.25, 0.3) is 0 Å². The Bertz CT molecular complexity index is 667. The number of nitrogens with zero attached hydrogens (tertiary/aromatic N) is 1. The van der Waals surface area contributed by atoms with Crippen molar-refractivity contribution in [1.29, 1.82) is 0 Å². The summed E-state index contributed by atoms with van der Waals surface area (Å²) in [7, 11) is 1.95. The Balaban J connectivity index is 1.66. The van der Waals surface area contributed by atoms with Crippen LogP contribution in [0.15, 0.2) is 53.4 Å². The monoisotopic (exact) mass is 350 g/mol. The number of rotatable bonds is 8. The minimum absolute atomic E-state index is 0.219. The minimum atomic E-state index is -0.970. The van der Waals surface area contributed by atoms with Crippen LogP contribution in [-0.2, 0) is 4.79 Å². The molecule has 2 aromatic rings. The lowest BCUT2D eigenvalue weighted by atomic mass is 10.3. The van der Waals surface area contributed by atoms with Crippen molar-refractivity contribution >= 4 is 23.4 Å². The van der Waals surface area contributed by atoms with E-state index in [9.17, 15) is 13.6 Å². The molecule has 1 amide bonds. The van der Waals surface area contributed by atoms with E-state index in [0.717, 1.165) is 24.4 Å². The second-order valence-corrected chi connectivity index (χ2v) is 6.56. The van der Waals surface area contributed by atoms with Crippen molar-refractivity contribution in [1.82, 2.24) is 4.90 Å². The first-order valence-corrected chi connectivity index (χ1v) is 8.64. The van der Waals surface area contributed by atoms with Gasteiger partial charge in [0.25, 0.3) is 0 Å². The quantitative estimate of drug-likeness (QED) is 0.730. The van der Waals surface area contributed by atoms with E-state index < -0.39 is 11.6 Å². The molecule has 3 nitrogen and oxygen atoms in total. The summed E-state index contributed by atoms with van der Waals surface area (Å²) in [5.74, 6) is -1.18. The Labute approximate surface area is 145 Å². The van der Waals surface area contributed by atoms with E-state index in [1.54, 1.807) is 11.8 Å². The van der Waals surface area contributed by atoms with Gasteiger partial charge in [0, 0.05) is 41.9 Å². The summed E-state index contributed by atoms with van der Waals surface area (Å²) in [6.07, 6.45) is 0.297. The molecule has 0 radical (unpaired) electrons. The third-order valence-electron chi connectivity index (χ3n) is 3.41. The number of hydrogen-bond donors (Lipinski definition) is 1. The van der Waals surface area contributed by atoms with Gasteiger partial charge in [-0.05, 0) is 31.3 Å². The Hall–Kier alpha value is -1.92. The smallest absolute Gasteiger partial charge is 0.225 e. The highest BCUT2D eigenvalue weighted by Gasteiger charge is 2.08. The van der Waals surface area contributed by atoms with Crippen LogP contribution in [0.1, 0.15) is 6.42 Å². The maximum atomic E-state index is 13.1. The molecule has 0 aliphatic carbocycles. The molecule has 0 unspecified atom stereocenters. The van der Waals surface area contributed by atoms with Gasteiger partial charge in [0.2, 0.25) is 5.91 Å². The van der Waals surface area contributed by atoms with Gasteiger partial charge < -0.3 is 10.2 Å². The summed E-state index contributed by atoms with van der Waals surface area (Å²) >= 11 is 1.77. The van der Waals surface area contributed by atoms with Crippen LogP contribution in [0.4, 0.5) is 14.5 Å². The fourth-order valence-electron chi connectivity index (χ4n) is 2.04. The molecule has 0 aromatic heterocycles. The normalized spacial score (nSPS) is 10.8. The standard InChI is InChI=1S/C18H20F2N2OS/c1-22(11-12-24-15-5-3-2-4-6-15)10-9-18(23)21-14-7-8-16(19)17(20)13-14/h2-8,13H,9-12H2,1H3,(H,21,23). The first kappa shape index (κ1) is 18.4. The van der Waals surface area contributed by atoms with Gasteiger partial charge in [0.1, 0.15) is 0 Å². The number of nitrogens with one attached hydrogen (secondary N) is 1. The number of carbonyl (C=O) groups excluding carboxylic acids is 1. The number of halogens is 2. The van der Waals surface area contributed by atoms with Crippen LogP contribution < -0.4 is 5.32 Å². The van der Waals surface area contributed by atoms with E-state index in [2.05, 4.69) is 22.3 Å². The summed E-state index contributed by atoms with van der Waals surface area (Å²) in [6.45, 7) is 1.46. The van der Waals surface area contributed by atoms with E-state index in [0.29, 0.717) is 13.0 Å². The van der Waals surface area contributed by atoms with Crippen LogP contribution in [0.2, 0.25) is 0 Å². The topological polar surface area (TPSA) is 32.3 Å². The molecule has 1 N–H and O–H groups in total. The van der Waals surface area contributed by atoms with Crippen LogP contribution in [0, 0.1) is 11.6 Å². The summed E-state index contributed by atoms with van der Waals surface area (Å²) < 4.78 is 25.9. The Kier molecular flexibility index (Phi) is 7.21. The molecular formula is C18H20F2N2OS. The second kappa shape index (κ2) is 9.39. The van der Waals surface area contributed by atoms with Crippen molar-refractivity contribution in [3.8, 4) is 0 Å². The van der Waals surface area contributed by atoms with E-state index >= 15 is 0 Å². The van der Waals surface area contributed by atoms with Gasteiger partial charge in [0.15, 0.2) is 11.6 Å². The summed E-state index contributed by atoms with van der Waals surface area (Å²) in [5, 5.41) is 2.57. The first-order valence-electron chi connectivity index (χ1n) is 7.66. The predicted octanol–water partition coefficient (Wildman–Crippen LogP) is 4.02. The lowest BCUT2D eigenvalue weighted by Crippen LogP contribution is -2.26. The number of anilines is 1. The SMILES string of the molecule is CN(CCSc1ccccc1)CCC(=O)Nc1ccc(F)c(F)c1. The van der Waals surface area contributed by atoms with Gasteiger partial charge in [-0.1, -0.05) is 18.2 Å². The Morgan fingerprint density at radius 1 is 1.08 bits per heavy atom. The van der Waals surface area contributed by atoms with E-state index in [4.69, 9.17) is 0 Å². The van der Waals surface area contributed by atoms with Crippen LogP contribution in [0.3, 0.4) is 0 Å². The molecule has 128 valence electrons. The molecule has 0 spiro atoms. The van der Waals surface area contributed by atoms with Crippen molar-refractivity contribution in [2.24, 2.45) is 0 Å². The Morgan fingerprint density at radius 2 is 1.83 bits per heavy atom. The molecule has 0 fully saturated rings. The van der Waals surface area contributed by atoms with Gasteiger partial charge >= 0.3 is 0 Å². The minimum Gasteiger partial charge on any atom is -0.326 e. The maximum absolute atomic E-state index is 13.1. The highest BCUT2D eigenvalue weighted by Crippen LogP contribution is 2.16. The fraction of sp³-hybridized carbons (Fsp3) is 0.278. The molecule has 0 saturated carbocycles. The van der Waals surface area contributed by atoms with Crippen molar-refractivity contribution in [2.75, 3.05) is 31.2 Å². The molecule has 0 saturated heterocycles. The lowest BCUT2D eigenvalue weighted by Gasteiger charge is -2.16. The molecular weight excluding hydrogens is 330 g/mol. The van der Waals surface area contributed by atoms with Gasteiger partial charge in [-0.3, -0.25) is 4.79 Å². The summed E-state index contributed by atoms with van der Waals surface area (Å²) in [6, 6.07) is 13.5. The third kappa shape index (κ3) is 6.29. The number of thioether (sulfide) groups is 1. The number of carbonyl (C=O) groups is 1. The van der Waals surface area contributed by atoms with Gasteiger partial charge in [-0.15, -0.1) is 11.8 Å². The highest BCUT2D eigenvalue weighted by atomic mass is 32.2. The zero-order valence-electron chi connectivity index (χ0n) is 13.5. The molecule has 0 aliphatic rings. The summed E-state index contributed by atoms with van der Waals surface area (Å²) in [4.78, 5) is 15.1. The van der Waals surface area contributed by atoms with Gasteiger partial charge in [-0.25, -0.2) is 8.78 Å². The molecule has 0 atom stereocenters. The zero-order chi connectivity index (χ0) is 17.4. The molecule has 2 rings (SSSR count). The molecule has 0 aliphatic heterocycles. The second-order valence-electron chi connectivity index (χ2n) is 5.39. The van der Waals surface area contributed by atoms with Crippen molar-refractivity contribution in [3.63, 3.8) is 0 Å². The number of hydrogen-bond acceptors (Lipinski definition) is 3. The molecule has 6 heteroatoms. The predicted molar refractivity (Wildman–Crippen MR) is 94.3 cm³/mol. The average Bonchev–Trinajstić information content (AvgIpc) is 2.57. The van der Waals surface area contributed by atoms with E-state index in [1.165, 1.54) is 11.0 Å². The molecule has 24 heavy (non-hydrogen) atoms. The maximum Gasteiger partial charge on any atom is 0.225 e. The van der Waals surface area contributed by atoms with Gasteiger partial charge in [-0.2, -0.15) is 0 Å². The van der Waals surface area contributed by atoms with Crippen LogP contribution >= 0.6 is 11.8 Å².